The second kappa shape index (κ2) is 6.17. The lowest BCUT2D eigenvalue weighted by molar-refractivity contribution is 0.306. The van der Waals surface area contributed by atoms with E-state index < -0.39 is 0 Å². The third-order valence-corrected chi connectivity index (χ3v) is 2.53. The van der Waals surface area contributed by atoms with Crippen molar-refractivity contribution in [3.8, 4) is 5.75 Å². The van der Waals surface area contributed by atoms with Crippen LogP contribution >= 0.6 is 12.2 Å². The van der Waals surface area contributed by atoms with Crippen LogP contribution in [0.3, 0.4) is 0 Å². The Kier molecular flexibility index (Phi) is 4.31. The molecule has 2 aromatic carbocycles. The number of hydrogen-bond donors (Lipinski definition) is 1. The smallest absolute Gasteiger partial charge is 0.119 e. The second-order valence-corrected chi connectivity index (χ2v) is 4.59. The highest BCUT2D eigenvalue weighted by molar-refractivity contribution is 7.80. The van der Waals surface area contributed by atoms with Crippen LogP contribution in [0.5, 0.6) is 5.75 Å². The minimum atomic E-state index is 0.570. The summed E-state index contributed by atoms with van der Waals surface area (Å²) in [4.78, 5) is 0.767. The van der Waals surface area contributed by atoms with Crippen LogP contribution in [-0.4, -0.2) is 4.99 Å². The summed E-state index contributed by atoms with van der Waals surface area (Å²) in [5.74, 6) is 0.884. The summed E-state index contributed by atoms with van der Waals surface area (Å²) >= 11 is 4.99. The van der Waals surface area contributed by atoms with Gasteiger partial charge in [-0.05, 0) is 36.8 Å². The predicted octanol–water partition coefficient (Wildman–Crippen LogP) is 4.02. The van der Waals surface area contributed by atoms with Gasteiger partial charge < -0.3 is 10.1 Å². The summed E-state index contributed by atoms with van der Waals surface area (Å²) in [6.07, 6.45) is 0. The minimum Gasteiger partial charge on any atom is -0.489 e. The highest BCUT2D eigenvalue weighted by Gasteiger charge is 1.97. The monoisotopic (exact) mass is 257 g/mol. The molecule has 2 rings (SSSR count). The maximum atomic E-state index is 5.67. The van der Waals surface area contributed by atoms with Gasteiger partial charge in [-0.15, -0.1) is 0 Å². The standard InChI is InChI=1S/C15H15NOS/c1-12(18)16-14-9-7-13(8-10-14)11-17-15-5-3-2-4-6-15/h2-10H,11H2,1H3,(H,16,18). The lowest BCUT2D eigenvalue weighted by Crippen LogP contribution is -2.03. The topological polar surface area (TPSA) is 21.3 Å². The Hall–Kier alpha value is -1.87. The molecule has 0 aromatic heterocycles. The van der Waals surface area contributed by atoms with Crippen LogP contribution in [0.1, 0.15) is 12.5 Å². The Bertz CT molecular complexity index is 508. The number of thiocarbonyl (C=S) groups is 1. The average Bonchev–Trinajstić information content (AvgIpc) is 2.38. The molecule has 2 nitrogen and oxygen atoms in total. The number of hydrogen-bond acceptors (Lipinski definition) is 2. The molecular weight excluding hydrogens is 242 g/mol. The number of ether oxygens (including phenoxy) is 1. The molecule has 0 fully saturated rings. The molecule has 0 amide bonds. The van der Waals surface area contributed by atoms with E-state index in [4.69, 9.17) is 17.0 Å². The van der Waals surface area contributed by atoms with Crippen LogP contribution in [-0.2, 0) is 6.61 Å². The fraction of sp³-hybridized carbons (Fsp3) is 0.133. The van der Waals surface area contributed by atoms with Gasteiger partial charge in [0.15, 0.2) is 0 Å². The largest absolute Gasteiger partial charge is 0.489 e. The van der Waals surface area contributed by atoms with Crippen LogP contribution in [0.25, 0.3) is 0 Å². The number of nitrogens with one attached hydrogen (secondary N) is 1. The molecule has 0 atom stereocenters. The maximum Gasteiger partial charge on any atom is 0.119 e. The van der Waals surface area contributed by atoms with Gasteiger partial charge in [0.05, 0.1) is 4.99 Å². The molecule has 0 radical (unpaired) electrons. The summed E-state index contributed by atoms with van der Waals surface area (Å²) < 4.78 is 5.67. The van der Waals surface area contributed by atoms with Gasteiger partial charge in [0.2, 0.25) is 0 Å². The molecule has 0 saturated heterocycles. The van der Waals surface area contributed by atoms with E-state index in [2.05, 4.69) is 5.32 Å². The summed E-state index contributed by atoms with van der Waals surface area (Å²) in [5.41, 5.74) is 2.14. The van der Waals surface area contributed by atoms with Crippen molar-refractivity contribution in [2.75, 3.05) is 5.32 Å². The number of rotatable bonds is 4. The Morgan fingerprint density at radius 3 is 2.33 bits per heavy atom. The molecule has 18 heavy (non-hydrogen) atoms. The normalized spacial score (nSPS) is 9.83. The zero-order chi connectivity index (χ0) is 12.8. The SMILES string of the molecule is CC(=S)Nc1ccc(COc2ccccc2)cc1. The van der Waals surface area contributed by atoms with Crippen LogP contribution < -0.4 is 10.1 Å². The molecule has 2 aromatic rings. The molecule has 0 aliphatic heterocycles. The Morgan fingerprint density at radius 1 is 1.06 bits per heavy atom. The van der Waals surface area contributed by atoms with Crippen molar-refractivity contribution < 1.29 is 4.74 Å². The van der Waals surface area contributed by atoms with E-state index in [0.29, 0.717) is 6.61 Å². The maximum absolute atomic E-state index is 5.67. The fourth-order valence-corrected chi connectivity index (χ4v) is 1.69. The third-order valence-electron chi connectivity index (χ3n) is 2.42. The number of benzene rings is 2. The third kappa shape index (κ3) is 3.86. The van der Waals surface area contributed by atoms with Gasteiger partial charge in [-0.2, -0.15) is 0 Å². The predicted molar refractivity (Wildman–Crippen MR) is 79.1 cm³/mol. The van der Waals surface area contributed by atoms with Gasteiger partial charge in [0.25, 0.3) is 0 Å². The summed E-state index contributed by atoms with van der Waals surface area (Å²) in [6, 6.07) is 17.9. The summed E-state index contributed by atoms with van der Waals surface area (Å²) in [6.45, 7) is 2.43. The lowest BCUT2D eigenvalue weighted by atomic mass is 10.2. The van der Waals surface area contributed by atoms with Crippen LogP contribution in [0, 0.1) is 0 Å². The molecular formula is C15H15NOS. The molecule has 0 bridgehead atoms. The second-order valence-electron chi connectivity index (χ2n) is 3.98. The Balaban J connectivity index is 1.92. The quantitative estimate of drug-likeness (QED) is 0.836. The molecule has 0 heterocycles. The molecule has 1 N–H and O–H groups in total. The van der Waals surface area contributed by atoms with Gasteiger partial charge in [0.1, 0.15) is 12.4 Å². The van der Waals surface area contributed by atoms with E-state index in [-0.39, 0.29) is 0 Å². The van der Waals surface area contributed by atoms with Crippen molar-refractivity contribution >= 4 is 22.9 Å². The molecule has 0 aliphatic rings. The number of para-hydroxylation sites is 1. The molecule has 3 heteroatoms. The van der Waals surface area contributed by atoms with Crippen molar-refractivity contribution in [2.45, 2.75) is 13.5 Å². The first-order valence-corrected chi connectivity index (χ1v) is 6.19. The van der Waals surface area contributed by atoms with Gasteiger partial charge in [0, 0.05) is 5.69 Å². The van der Waals surface area contributed by atoms with Gasteiger partial charge in [-0.3, -0.25) is 0 Å². The molecule has 0 aliphatic carbocycles. The van der Waals surface area contributed by atoms with E-state index in [1.165, 1.54) is 0 Å². The number of anilines is 1. The van der Waals surface area contributed by atoms with Gasteiger partial charge >= 0.3 is 0 Å². The lowest BCUT2D eigenvalue weighted by Gasteiger charge is -2.07. The Morgan fingerprint density at radius 2 is 1.72 bits per heavy atom. The van der Waals surface area contributed by atoms with Crippen molar-refractivity contribution in [1.82, 2.24) is 0 Å². The van der Waals surface area contributed by atoms with E-state index in [0.717, 1.165) is 22.0 Å². The molecule has 0 unspecified atom stereocenters. The fourth-order valence-electron chi connectivity index (χ4n) is 1.57. The average molecular weight is 257 g/mol. The van der Waals surface area contributed by atoms with Crippen molar-refractivity contribution in [2.24, 2.45) is 0 Å². The van der Waals surface area contributed by atoms with Crippen LogP contribution in [0.15, 0.2) is 54.6 Å². The summed E-state index contributed by atoms with van der Waals surface area (Å²) in [5, 5.41) is 3.10. The molecule has 0 saturated carbocycles. The first kappa shape index (κ1) is 12.6. The van der Waals surface area contributed by atoms with Gasteiger partial charge in [-0.25, -0.2) is 0 Å². The minimum absolute atomic E-state index is 0.570. The van der Waals surface area contributed by atoms with E-state index in [9.17, 15) is 0 Å². The van der Waals surface area contributed by atoms with Gasteiger partial charge in [-0.1, -0.05) is 42.5 Å². The molecule has 92 valence electrons. The van der Waals surface area contributed by atoms with Crippen LogP contribution in [0.4, 0.5) is 5.69 Å². The zero-order valence-corrected chi connectivity index (χ0v) is 11.0. The van der Waals surface area contributed by atoms with E-state index in [1.807, 2.05) is 61.5 Å². The van der Waals surface area contributed by atoms with Crippen molar-refractivity contribution in [3.63, 3.8) is 0 Å². The summed E-state index contributed by atoms with van der Waals surface area (Å²) in [7, 11) is 0. The van der Waals surface area contributed by atoms with Crippen molar-refractivity contribution in [1.29, 1.82) is 0 Å². The zero-order valence-electron chi connectivity index (χ0n) is 10.2. The molecule has 0 spiro atoms. The highest BCUT2D eigenvalue weighted by Crippen LogP contribution is 2.14. The Labute approximate surface area is 113 Å². The van der Waals surface area contributed by atoms with Crippen LogP contribution in [0.2, 0.25) is 0 Å². The highest BCUT2D eigenvalue weighted by atomic mass is 32.1. The van der Waals surface area contributed by atoms with E-state index >= 15 is 0 Å². The first-order valence-electron chi connectivity index (χ1n) is 5.78. The van der Waals surface area contributed by atoms with E-state index in [1.54, 1.807) is 0 Å². The first-order chi connectivity index (χ1) is 8.74. The van der Waals surface area contributed by atoms with Crippen molar-refractivity contribution in [3.05, 3.63) is 60.2 Å².